The summed E-state index contributed by atoms with van der Waals surface area (Å²) in [4.78, 5) is 4.19. The number of hydrogen-bond donors (Lipinski definition) is 1. The summed E-state index contributed by atoms with van der Waals surface area (Å²) in [6.45, 7) is 3.01. The van der Waals surface area contributed by atoms with Crippen LogP contribution in [-0.4, -0.2) is 9.55 Å². The Morgan fingerprint density at radius 3 is 2.65 bits per heavy atom. The van der Waals surface area contributed by atoms with Crippen molar-refractivity contribution in [1.29, 1.82) is 0 Å². The second kappa shape index (κ2) is 6.93. The molecule has 1 heterocycles. The molecule has 3 nitrogen and oxygen atoms in total. The van der Waals surface area contributed by atoms with Crippen molar-refractivity contribution in [2.75, 3.05) is 5.73 Å². The van der Waals surface area contributed by atoms with E-state index < -0.39 is 5.82 Å². The lowest BCUT2D eigenvalue weighted by Crippen LogP contribution is -2.03. The Kier molecular flexibility index (Phi) is 5.24. The van der Waals surface area contributed by atoms with Crippen molar-refractivity contribution >= 4 is 28.6 Å². The number of halogens is 2. The number of nitrogen functional groups attached to an aromatic ring is 1. The van der Waals surface area contributed by atoms with Crippen LogP contribution in [0, 0.1) is 5.82 Å². The molecule has 0 atom stereocenters. The molecular weight excluding hydrogens is 277 g/mol. The lowest BCUT2D eigenvalue weighted by atomic mass is 10.1. The summed E-state index contributed by atoms with van der Waals surface area (Å²) in [5, 5.41) is 0.113. The second-order valence-electron chi connectivity index (χ2n) is 5.14. The maximum atomic E-state index is 13.4. The highest BCUT2D eigenvalue weighted by Gasteiger charge is 2.11. The van der Waals surface area contributed by atoms with Gasteiger partial charge in [0.25, 0.3) is 0 Å². The summed E-state index contributed by atoms with van der Waals surface area (Å²) in [5.74, 6) is -0.0291. The van der Waals surface area contributed by atoms with Gasteiger partial charge in [0.15, 0.2) is 0 Å². The van der Waals surface area contributed by atoms with E-state index in [1.165, 1.54) is 38.2 Å². The first-order valence-electron chi connectivity index (χ1n) is 7.24. The summed E-state index contributed by atoms with van der Waals surface area (Å²) in [5.41, 5.74) is 7.28. The zero-order chi connectivity index (χ0) is 14.5. The molecule has 0 saturated carbocycles. The van der Waals surface area contributed by atoms with Crippen molar-refractivity contribution in [1.82, 2.24) is 9.55 Å². The zero-order valence-electron chi connectivity index (χ0n) is 11.8. The molecule has 0 fully saturated rings. The van der Waals surface area contributed by atoms with Crippen LogP contribution < -0.4 is 5.73 Å². The smallest absolute Gasteiger partial charge is 0.201 e. The van der Waals surface area contributed by atoms with Gasteiger partial charge in [0.05, 0.1) is 16.1 Å². The molecule has 2 N–H and O–H groups in total. The van der Waals surface area contributed by atoms with Crippen LogP contribution >= 0.6 is 11.6 Å². The molecule has 0 radical (unpaired) electrons. The molecule has 0 unspecified atom stereocenters. The number of benzene rings is 1. The highest BCUT2D eigenvalue weighted by atomic mass is 35.5. The molecule has 0 spiro atoms. The lowest BCUT2D eigenvalue weighted by molar-refractivity contribution is 0.566. The number of anilines is 1. The van der Waals surface area contributed by atoms with Crippen molar-refractivity contribution in [3.63, 3.8) is 0 Å². The van der Waals surface area contributed by atoms with Gasteiger partial charge < -0.3 is 10.3 Å². The Labute approximate surface area is 123 Å². The van der Waals surface area contributed by atoms with Gasteiger partial charge in [-0.1, -0.05) is 50.6 Å². The van der Waals surface area contributed by atoms with Crippen LogP contribution in [0.25, 0.3) is 11.0 Å². The van der Waals surface area contributed by atoms with Gasteiger partial charge in [-0.15, -0.1) is 0 Å². The number of nitrogens with zero attached hydrogens (tertiary/aromatic N) is 2. The molecule has 0 aliphatic heterocycles. The van der Waals surface area contributed by atoms with Crippen LogP contribution in [0.4, 0.5) is 10.3 Å². The number of hydrogen-bond acceptors (Lipinski definition) is 2. The van der Waals surface area contributed by atoms with Gasteiger partial charge in [-0.3, -0.25) is 0 Å². The van der Waals surface area contributed by atoms with E-state index in [-0.39, 0.29) is 5.02 Å². The zero-order valence-corrected chi connectivity index (χ0v) is 12.6. The summed E-state index contributed by atoms with van der Waals surface area (Å²) < 4.78 is 15.3. The Morgan fingerprint density at radius 1 is 1.20 bits per heavy atom. The van der Waals surface area contributed by atoms with Crippen LogP contribution in [0.1, 0.15) is 45.4 Å². The molecule has 0 aliphatic carbocycles. The van der Waals surface area contributed by atoms with Gasteiger partial charge in [0, 0.05) is 12.6 Å². The molecule has 2 aromatic rings. The predicted octanol–water partition coefficient (Wildman–Crippen LogP) is 4.77. The highest BCUT2D eigenvalue weighted by Crippen LogP contribution is 2.25. The normalized spacial score (nSPS) is 11.3. The van der Waals surface area contributed by atoms with Crippen LogP contribution in [0.5, 0.6) is 0 Å². The van der Waals surface area contributed by atoms with E-state index >= 15 is 0 Å². The fraction of sp³-hybridized carbons (Fsp3) is 0.533. The largest absolute Gasteiger partial charge is 0.369 e. The van der Waals surface area contributed by atoms with Gasteiger partial charge >= 0.3 is 0 Å². The van der Waals surface area contributed by atoms with Crippen molar-refractivity contribution in [2.24, 2.45) is 0 Å². The third-order valence-corrected chi connectivity index (χ3v) is 3.84. The quantitative estimate of drug-likeness (QED) is 0.748. The standard InChI is InChI=1S/C15H21ClFN3/c1-2-3-4-5-6-7-8-20-14-9-11(16)12(17)10-13(14)19-15(20)18/h9-10H,2-8H2,1H3,(H2,18,19). The first-order valence-corrected chi connectivity index (χ1v) is 7.62. The Bertz CT molecular complexity index is 580. The summed E-state index contributed by atoms with van der Waals surface area (Å²) >= 11 is 5.83. The van der Waals surface area contributed by atoms with Crippen molar-refractivity contribution < 1.29 is 4.39 Å². The van der Waals surface area contributed by atoms with E-state index in [1.807, 2.05) is 4.57 Å². The molecule has 2 rings (SSSR count). The number of aryl methyl sites for hydroxylation is 1. The third kappa shape index (κ3) is 3.42. The van der Waals surface area contributed by atoms with Crippen molar-refractivity contribution in [3.05, 3.63) is 23.0 Å². The SMILES string of the molecule is CCCCCCCCn1c(N)nc2cc(F)c(Cl)cc21. The number of rotatable bonds is 7. The van der Waals surface area contributed by atoms with Gasteiger partial charge in [-0.25, -0.2) is 9.37 Å². The van der Waals surface area contributed by atoms with Crippen LogP contribution in [0.3, 0.4) is 0 Å². The predicted molar refractivity (Wildman–Crippen MR) is 82.5 cm³/mol. The second-order valence-corrected chi connectivity index (χ2v) is 5.55. The molecule has 20 heavy (non-hydrogen) atoms. The first kappa shape index (κ1) is 15.1. The average Bonchev–Trinajstić information content (AvgIpc) is 2.70. The minimum absolute atomic E-state index is 0.113. The molecule has 110 valence electrons. The van der Waals surface area contributed by atoms with Crippen LogP contribution in [0.15, 0.2) is 12.1 Å². The Hall–Kier alpha value is -1.29. The summed E-state index contributed by atoms with van der Waals surface area (Å²) in [6.07, 6.45) is 7.31. The molecule has 1 aromatic carbocycles. The van der Waals surface area contributed by atoms with Crippen LogP contribution in [-0.2, 0) is 6.54 Å². The Morgan fingerprint density at radius 2 is 1.90 bits per heavy atom. The van der Waals surface area contributed by atoms with E-state index in [4.69, 9.17) is 17.3 Å². The maximum absolute atomic E-state index is 13.4. The van der Waals surface area contributed by atoms with Gasteiger partial charge in [-0.05, 0) is 12.5 Å². The van der Waals surface area contributed by atoms with Crippen molar-refractivity contribution in [3.8, 4) is 0 Å². The topological polar surface area (TPSA) is 43.8 Å². The number of fused-ring (bicyclic) bond motifs is 1. The first-order chi connectivity index (χ1) is 9.63. The highest BCUT2D eigenvalue weighted by molar-refractivity contribution is 6.31. The lowest BCUT2D eigenvalue weighted by Gasteiger charge is -2.06. The van der Waals surface area contributed by atoms with E-state index in [0.29, 0.717) is 11.5 Å². The van der Waals surface area contributed by atoms with Crippen LogP contribution in [0.2, 0.25) is 5.02 Å². The molecule has 5 heteroatoms. The fourth-order valence-corrected chi connectivity index (χ4v) is 2.58. The molecule has 1 aromatic heterocycles. The van der Waals surface area contributed by atoms with Gasteiger partial charge in [0.1, 0.15) is 5.82 Å². The minimum Gasteiger partial charge on any atom is -0.369 e. The van der Waals surface area contributed by atoms with E-state index in [2.05, 4.69) is 11.9 Å². The Balaban J connectivity index is 2.02. The fourth-order valence-electron chi connectivity index (χ4n) is 2.42. The van der Waals surface area contributed by atoms with Gasteiger partial charge in [-0.2, -0.15) is 0 Å². The van der Waals surface area contributed by atoms with Crippen molar-refractivity contribution in [2.45, 2.75) is 52.0 Å². The van der Waals surface area contributed by atoms with E-state index in [9.17, 15) is 4.39 Å². The minimum atomic E-state index is -0.455. The molecular formula is C15H21ClFN3. The van der Waals surface area contributed by atoms with E-state index in [0.717, 1.165) is 18.5 Å². The maximum Gasteiger partial charge on any atom is 0.201 e. The van der Waals surface area contributed by atoms with Gasteiger partial charge in [0.2, 0.25) is 5.95 Å². The number of nitrogens with two attached hydrogens (primary N) is 1. The monoisotopic (exact) mass is 297 g/mol. The summed E-state index contributed by atoms with van der Waals surface area (Å²) in [6, 6.07) is 2.94. The molecule has 0 saturated heterocycles. The average molecular weight is 298 g/mol. The van der Waals surface area contributed by atoms with E-state index in [1.54, 1.807) is 6.07 Å². The summed E-state index contributed by atoms with van der Waals surface area (Å²) in [7, 11) is 0. The molecule has 0 bridgehead atoms. The number of unbranched alkanes of at least 4 members (excludes halogenated alkanes) is 5. The number of aromatic nitrogens is 2. The molecule has 0 aliphatic rings. The third-order valence-electron chi connectivity index (χ3n) is 3.56. The molecule has 0 amide bonds. The number of imidazole rings is 1.